The molecule has 1 unspecified atom stereocenters. The maximum absolute atomic E-state index is 12.2. The van der Waals surface area contributed by atoms with Crippen LogP contribution in [0.2, 0.25) is 0 Å². The van der Waals surface area contributed by atoms with Crippen LogP contribution in [-0.4, -0.2) is 25.6 Å². The molecular weight excluding hydrogens is 276 g/mol. The van der Waals surface area contributed by atoms with E-state index >= 15 is 0 Å². The highest BCUT2D eigenvalue weighted by Crippen LogP contribution is 2.26. The standard InChI is InChI=1S/C18H28N2O2/c1-22-16-9-5-6-14(12-16)10-11-18(21)20-17(13-19)15-7-3-2-4-8-15/h5-6,9,12,15,17H,2-4,7-8,10-11,13,19H2,1H3,(H,20,21). The van der Waals surface area contributed by atoms with Crippen LogP contribution in [0.4, 0.5) is 0 Å². The summed E-state index contributed by atoms with van der Waals surface area (Å²) in [6.45, 7) is 0.537. The minimum atomic E-state index is 0.101. The second-order valence-corrected chi connectivity index (χ2v) is 6.16. The van der Waals surface area contributed by atoms with Crippen molar-refractivity contribution >= 4 is 5.91 Å². The molecule has 0 heterocycles. The largest absolute Gasteiger partial charge is 0.497 e. The van der Waals surface area contributed by atoms with Gasteiger partial charge < -0.3 is 15.8 Å². The van der Waals surface area contributed by atoms with E-state index in [9.17, 15) is 4.79 Å². The molecule has 0 aliphatic heterocycles. The van der Waals surface area contributed by atoms with Gasteiger partial charge in [0.15, 0.2) is 0 Å². The minimum Gasteiger partial charge on any atom is -0.497 e. The number of rotatable bonds is 7. The minimum absolute atomic E-state index is 0.101. The number of ether oxygens (including phenoxy) is 1. The van der Waals surface area contributed by atoms with Crippen LogP contribution < -0.4 is 15.8 Å². The number of benzene rings is 1. The molecule has 1 aliphatic carbocycles. The molecule has 1 atom stereocenters. The van der Waals surface area contributed by atoms with Crippen molar-refractivity contribution in [1.29, 1.82) is 0 Å². The van der Waals surface area contributed by atoms with Crippen LogP contribution >= 0.6 is 0 Å². The quantitative estimate of drug-likeness (QED) is 0.814. The summed E-state index contributed by atoms with van der Waals surface area (Å²) in [5, 5.41) is 3.14. The van der Waals surface area contributed by atoms with Crippen molar-refractivity contribution in [2.24, 2.45) is 11.7 Å². The third-order valence-electron chi connectivity index (χ3n) is 4.59. The molecular formula is C18H28N2O2. The van der Waals surface area contributed by atoms with Crippen molar-refractivity contribution in [1.82, 2.24) is 5.32 Å². The Morgan fingerprint density at radius 3 is 2.82 bits per heavy atom. The Balaban J connectivity index is 1.80. The molecule has 122 valence electrons. The zero-order valence-electron chi connectivity index (χ0n) is 13.5. The average molecular weight is 304 g/mol. The van der Waals surface area contributed by atoms with Gasteiger partial charge >= 0.3 is 0 Å². The Kier molecular flexibility index (Phi) is 6.72. The highest BCUT2D eigenvalue weighted by molar-refractivity contribution is 5.76. The lowest BCUT2D eigenvalue weighted by molar-refractivity contribution is -0.122. The molecule has 0 radical (unpaired) electrons. The van der Waals surface area contributed by atoms with E-state index in [0.29, 0.717) is 18.9 Å². The molecule has 2 rings (SSSR count). The van der Waals surface area contributed by atoms with Gasteiger partial charge in [0, 0.05) is 19.0 Å². The SMILES string of the molecule is COc1cccc(CCC(=O)NC(CN)C2CCCCC2)c1. The lowest BCUT2D eigenvalue weighted by Gasteiger charge is -2.30. The van der Waals surface area contributed by atoms with E-state index < -0.39 is 0 Å². The second-order valence-electron chi connectivity index (χ2n) is 6.16. The topological polar surface area (TPSA) is 64.3 Å². The number of carbonyl (C=O) groups is 1. The molecule has 4 nitrogen and oxygen atoms in total. The van der Waals surface area contributed by atoms with Crippen LogP contribution in [0.1, 0.15) is 44.1 Å². The van der Waals surface area contributed by atoms with Gasteiger partial charge in [0.05, 0.1) is 7.11 Å². The van der Waals surface area contributed by atoms with Gasteiger partial charge in [-0.2, -0.15) is 0 Å². The third-order valence-corrected chi connectivity index (χ3v) is 4.59. The molecule has 1 fully saturated rings. The fourth-order valence-corrected chi connectivity index (χ4v) is 3.27. The monoisotopic (exact) mass is 304 g/mol. The summed E-state index contributed by atoms with van der Waals surface area (Å²) in [6, 6.07) is 8.01. The van der Waals surface area contributed by atoms with Crippen molar-refractivity contribution in [3.05, 3.63) is 29.8 Å². The molecule has 0 spiro atoms. The van der Waals surface area contributed by atoms with E-state index in [-0.39, 0.29) is 11.9 Å². The van der Waals surface area contributed by atoms with Gasteiger partial charge in [0.25, 0.3) is 0 Å². The van der Waals surface area contributed by atoms with Crippen molar-refractivity contribution in [3.63, 3.8) is 0 Å². The van der Waals surface area contributed by atoms with Gasteiger partial charge in [0.1, 0.15) is 5.75 Å². The zero-order valence-corrected chi connectivity index (χ0v) is 13.5. The summed E-state index contributed by atoms with van der Waals surface area (Å²) in [5.74, 6) is 1.49. The van der Waals surface area contributed by atoms with Crippen molar-refractivity contribution in [3.8, 4) is 5.75 Å². The highest BCUT2D eigenvalue weighted by Gasteiger charge is 2.23. The van der Waals surface area contributed by atoms with Crippen LogP contribution in [0.5, 0.6) is 5.75 Å². The van der Waals surface area contributed by atoms with E-state index in [2.05, 4.69) is 5.32 Å². The maximum Gasteiger partial charge on any atom is 0.220 e. The number of hydrogen-bond donors (Lipinski definition) is 2. The summed E-state index contributed by atoms with van der Waals surface area (Å²) in [6.07, 6.45) is 7.46. The van der Waals surface area contributed by atoms with Gasteiger partial charge in [-0.3, -0.25) is 4.79 Å². The predicted molar refractivity (Wildman–Crippen MR) is 88.9 cm³/mol. The van der Waals surface area contributed by atoms with Crippen LogP contribution in [-0.2, 0) is 11.2 Å². The van der Waals surface area contributed by atoms with Gasteiger partial charge in [-0.1, -0.05) is 31.4 Å². The van der Waals surface area contributed by atoms with Gasteiger partial charge in [-0.25, -0.2) is 0 Å². The number of nitrogens with one attached hydrogen (secondary N) is 1. The zero-order chi connectivity index (χ0) is 15.8. The number of amides is 1. The summed E-state index contributed by atoms with van der Waals surface area (Å²) in [4.78, 5) is 12.2. The summed E-state index contributed by atoms with van der Waals surface area (Å²) in [5.41, 5.74) is 6.99. The Labute approximate surface area is 133 Å². The Morgan fingerprint density at radius 2 is 2.14 bits per heavy atom. The Bertz CT molecular complexity index is 470. The van der Waals surface area contributed by atoms with Crippen LogP contribution in [0.3, 0.4) is 0 Å². The first kappa shape index (κ1) is 16.8. The summed E-state index contributed by atoms with van der Waals surface area (Å²) < 4.78 is 5.21. The van der Waals surface area contributed by atoms with Crippen molar-refractivity contribution in [2.45, 2.75) is 51.0 Å². The maximum atomic E-state index is 12.2. The third kappa shape index (κ3) is 5.02. The molecule has 4 heteroatoms. The van der Waals surface area contributed by atoms with Gasteiger partial charge in [-0.05, 0) is 42.9 Å². The first-order chi connectivity index (χ1) is 10.7. The van der Waals surface area contributed by atoms with Crippen LogP contribution in [0.25, 0.3) is 0 Å². The highest BCUT2D eigenvalue weighted by atomic mass is 16.5. The normalized spacial score (nSPS) is 17.0. The van der Waals surface area contributed by atoms with E-state index in [0.717, 1.165) is 17.7 Å². The van der Waals surface area contributed by atoms with Crippen LogP contribution in [0.15, 0.2) is 24.3 Å². The molecule has 1 aromatic carbocycles. The van der Waals surface area contributed by atoms with Crippen LogP contribution in [0, 0.1) is 5.92 Å². The van der Waals surface area contributed by atoms with Gasteiger partial charge in [-0.15, -0.1) is 0 Å². The fourth-order valence-electron chi connectivity index (χ4n) is 3.27. The molecule has 0 bridgehead atoms. The smallest absolute Gasteiger partial charge is 0.220 e. The molecule has 1 aliphatic rings. The molecule has 22 heavy (non-hydrogen) atoms. The van der Waals surface area contributed by atoms with Gasteiger partial charge in [0.2, 0.25) is 5.91 Å². The lowest BCUT2D eigenvalue weighted by Crippen LogP contribution is -2.45. The van der Waals surface area contributed by atoms with E-state index in [1.54, 1.807) is 7.11 Å². The number of carbonyl (C=O) groups excluding carboxylic acids is 1. The Morgan fingerprint density at radius 1 is 1.36 bits per heavy atom. The molecule has 1 amide bonds. The molecule has 3 N–H and O–H groups in total. The second kappa shape index (κ2) is 8.79. The van der Waals surface area contributed by atoms with E-state index in [1.165, 1.54) is 32.1 Å². The number of aryl methyl sites for hydroxylation is 1. The summed E-state index contributed by atoms with van der Waals surface area (Å²) in [7, 11) is 1.65. The number of nitrogens with two attached hydrogens (primary N) is 1. The number of methoxy groups -OCH3 is 1. The molecule has 0 saturated heterocycles. The van der Waals surface area contributed by atoms with E-state index in [4.69, 9.17) is 10.5 Å². The fraction of sp³-hybridized carbons (Fsp3) is 0.611. The average Bonchev–Trinajstić information content (AvgIpc) is 2.58. The first-order valence-electron chi connectivity index (χ1n) is 8.35. The van der Waals surface area contributed by atoms with E-state index in [1.807, 2.05) is 24.3 Å². The Hall–Kier alpha value is -1.55. The number of hydrogen-bond acceptors (Lipinski definition) is 3. The summed E-state index contributed by atoms with van der Waals surface area (Å²) >= 11 is 0. The van der Waals surface area contributed by atoms with Crippen molar-refractivity contribution < 1.29 is 9.53 Å². The first-order valence-corrected chi connectivity index (χ1v) is 8.35. The molecule has 1 aromatic rings. The predicted octanol–water partition coefficient (Wildman–Crippen LogP) is 2.65. The van der Waals surface area contributed by atoms with Crippen molar-refractivity contribution in [2.75, 3.05) is 13.7 Å². The lowest BCUT2D eigenvalue weighted by atomic mass is 9.84. The molecule has 0 aromatic heterocycles. The molecule has 1 saturated carbocycles.